The second-order valence-corrected chi connectivity index (χ2v) is 13.3. The standard InChI is InChI=1S/C33H72N2.2BrH/c1-9-11-13-15-17-19-21-23-25-28-32(3)34(5,6)30-27-31-35(7,8)33(4)29-26-24-22-20-18-16-14-12-10-2;;/h32-33H,9-31H2,1-8H3;2*1H/q+2;;/p-2. The number of hydrogen-bond donors (Lipinski definition) is 0. The summed E-state index contributed by atoms with van der Waals surface area (Å²) in [6.07, 6.45) is 30.0. The summed E-state index contributed by atoms with van der Waals surface area (Å²) in [7, 11) is 9.91. The predicted octanol–water partition coefficient (Wildman–Crippen LogP) is 4.16. The van der Waals surface area contributed by atoms with Crippen molar-refractivity contribution in [1.29, 1.82) is 0 Å². The molecule has 228 valence electrons. The molecule has 0 spiro atoms. The molecular weight excluding hydrogens is 584 g/mol. The zero-order chi connectivity index (χ0) is 26.4. The van der Waals surface area contributed by atoms with Crippen molar-refractivity contribution in [3.8, 4) is 0 Å². The third kappa shape index (κ3) is 24.4. The average Bonchev–Trinajstić information content (AvgIpc) is 2.81. The molecular formula is C33H72Br2N2. The summed E-state index contributed by atoms with van der Waals surface area (Å²) >= 11 is 0. The molecule has 0 aromatic rings. The Balaban J connectivity index is -0.00000578. The van der Waals surface area contributed by atoms with Gasteiger partial charge >= 0.3 is 0 Å². The Morgan fingerprint density at radius 1 is 0.378 bits per heavy atom. The molecule has 0 rings (SSSR count). The quantitative estimate of drug-likeness (QED) is 0.0971. The first-order chi connectivity index (χ1) is 16.7. The average molecular weight is 657 g/mol. The number of hydrogen-bond acceptors (Lipinski definition) is 0. The number of halogens is 2. The first-order valence-electron chi connectivity index (χ1n) is 16.3. The van der Waals surface area contributed by atoms with Crippen molar-refractivity contribution >= 4 is 0 Å². The van der Waals surface area contributed by atoms with E-state index in [1.54, 1.807) is 0 Å². The second kappa shape index (κ2) is 27.1. The van der Waals surface area contributed by atoms with Crippen LogP contribution in [0.15, 0.2) is 0 Å². The largest absolute Gasteiger partial charge is 1.00 e. The maximum atomic E-state index is 2.50. The molecule has 0 saturated carbocycles. The third-order valence-corrected chi connectivity index (χ3v) is 9.31. The van der Waals surface area contributed by atoms with E-state index < -0.39 is 0 Å². The second-order valence-electron chi connectivity index (χ2n) is 13.3. The third-order valence-electron chi connectivity index (χ3n) is 9.31. The normalized spacial score (nSPS) is 13.6. The fourth-order valence-electron chi connectivity index (χ4n) is 5.53. The van der Waals surface area contributed by atoms with Gasteiger partial charge in [0.15, 0.2) is 0 Å². The highest BCUT2D eigenvalue weighted by Crippen LogP contribution is 2.20. The summed E-state index contributed by atoms with van der Waals surface area (Å²) in [6, 6.07) is 1.57. The van der Waals surface area contributed by atoms with Crippen LogP contribution in [-0.4, -0.2) is 62.3 Å². The molecule has 0 aliphatic rings. The predicted molar refractivity (Wildman–Crippen MR) is 161 cm³/mol. The summed E-state index contributed by atoms with van der Waals surface area (Å²) in [5.41, 5.74) is 0. The van der Waals surface area contributed by atoms with Gasteiger partial charge < -0.3 is 42.9 Å². The summed E-state index contributed by atoms with van der Waals surface area (Å²) in [5.74, 6) is 0. The van der Waals surface area contributed by atoms with Gasteiger partial charge in [0.25, 0.3) is 0 Å². The summed E-state index contributed by atoms with van der Waals surface area (Å²) in [4.78, 5) is 0. The Hall–Kier alpha value is 0.880. The van der Waals surface area contributed by atoms with Gasteiger partial charge in [0, 0.05) is 6.42 Å². The van der Waals surface area contributed by atoms with Crippen LogP contribution >= 0.6 is 0 Å². The number of rotatable bonds is 26. The number of quaternary nitrogens is 2. The highest BCUT2D eigenvalue weighted by atomic mass is 79.9. The van der Waals surface area contributed by atoms with Crippen LogP contribution in [0.2, 0.25) is 0 Å². The first-order valence-corrected chi connectivity index (χ1v) is 16.3. The van der Waals surface area contributed by atoms with Crippen molar-refractivity contribution in [3.63, 3.8) is 0 Å². The molecule has 0 N–H and O–H groups in total. The molecule has 0 saturated heterocycles. The molecule has 0 aliphatic carbocycles. The zero-order valence-electron chi connectivity index (χ0n) is 27.1. The van der Waals surface area contributed by atoms with Crippen LogP contribution in [0.4, 0.5) is 0 Å². The lowest BCUT2D eigenvalue weighted by Crippen LogP contribution is -3.00. The molecule has 0 aromatic carbocycles. The van der Waals surface area contributed by atoms with E-state index in [4.69, 9.17) is 0 Å². The van der Waals surface area contributed by atoms with Crippen molar-refractivity contribution in [2.24, 2.45) is 0 Å². The Kier molecular flexibility index (Phi) is 31.0. The zero-order valence-corrected chi connectivity index (χ0v) is 30.2. The van der Waals surface area contributed by atoms with Gasteiger partial charge in [-0.25, -0.2) is 0 Å². The Morgan fingerprint density at radius 2 is 0.622 bits per heavy atom. The molecule has 4 heteroatoms. The van der Waals surface area contributed by atoms with E-state index in [1.165, 1.54) is 157 Å². The smallest absolute Gasteiger partial charge is 0.0857 e. The summed E-state index contributed by atoms with van der Waals surface area (Å²) in [5, 5.41) is 0. The lowest BCUT2D eigenvalue weighted by molar-refractivity contribution is -0.931. The Morgan fingerprint density at radius 3 is 0.892 bits per heavy atom. The fraction of sp³-hybridized carbons (Fsp3) is 1.00. The van der Waals surface area contributed by atoms with E-state index >= 15 is 0 Å². The lowest BCUT2D eigenvalue weighted by atomic mass is 10.0. The number of nitrogens with zero attached hydrogens (tertiary/aromatic N) is 2. The van der Waals surface area contributed by atoms with E-state index in [0.29, 0.717) is 0 Å². The topological polar surface area (TPSA) is 0 Å². The van der Waals surface area contributed by atoms with E-state index in [9.17, 15) is 0 Å². The van der Waals surface area contributed by atoms with Gasteiger partial charge in [-0.2, -0.15) is 0 Å². The van der Waals surface area contributed by atoms with Gasteiger partial charge in [-0.3, -0.25) is 0 Å². The van der Waals surface area contributed by atoms with Gasteiger partial charge in [0.05, 0.1) is 53.4 Å². The first kappa shape index (κ1) is 42.3. The highest BCUT2D eigenvalue weighted by Gasteiger charge is 2.27. The molecule has 2 unspecified atom stereocenters. The molecule has 0 aliphatic heterocycles. The highest BCUT2D eigenvalue weighted by molar-refractivity contribution is 4.57. The van der Waals surface area contributed by atoms with Crippen LogP contribution in [0.3, 0.4) is 0 Å². The van der Waals surface area contributed by atoms with Crippen LogP contribution in [0.1, 0.15) is 163 Å². The van der Waals surface area contributed by atoms with Crippen molar-refractivity contribution in [2.45, 2.75) is 175 Å². The SMILES string of the molecule is CCCCCCCCCCCC(C)[N+](C)(C)CCC[N+](C)(C)C(C)CCCCCCCCCCC.[Br-].[Br-]. The molecule has 0 amide bonds. The maximum absolute atomic E-state index is 2.50. The van der Waals surface area contributed by atoms with Crippen LogP contribution < -0.4 is 34.0 Å². The van der Waals surface area contributed by atoms with E-state index in [1.807, 2.05) is 0 Å². The Bertz CT molecular complexity index is 414. The van der Waals surface area contributed by atoms with Crippen molar-refractivity contribution in [2.75, 3.05) is 41.3 Å². The van der Waals surface area contributed by atoms with Crippen LogP contribution in [0, 0.1) is 0 Å². The van der Waals surface area contributed by atoms with Crippen molar-refractivity contribution in [1.82, 2.24) is 0 Å². The molecule has 37 heavy (non-hydrogen) atoms. The van der Waals surface area contributed by atoms with Gasteiger partial charge in [-0.15, -0.1) is 0 Å². The monoisotopic (exact) mass is 654 g/mol. The van der Waals surface area contributed by atoms with E-state index in [2.05, 4.69) is 55.9 Å². The lowest BCUT2D eigenvalue weighted by Gasteiger charge is -2.40. The van der Waals surface area contributed by atoms with E-state index in [-0.39, 0.29) is 34.0 Å². The van der Waals surface area contributed by atoms with Crippen LogP contribution in [-0.2, 0) is 0 Å². The van der Waals surface area contributed by atoms with Crippen LogP contribution in [0.5, 0.6) is 0 Å². The van der Waals surface area contributed by atoms with Gasteiger partial charge in [-0.05, 0) is 39.5 Å². The van der Waals surface area contributed by atoms with E-state index in [0.717, 1.165) is 12.1 Å². The number of unbranched alkanes of at least 4 members (excludes halogenated alkanes) is 16. The summed E-state index contributed by atoms with van der Waals surface area (Å²) in [6.45, 7) is 12.3. The molecule has 0 heterocycles. The van der Waals surface area contributed by atoms with Gasteiger partial charge in [-0.1, -0.05) is 117 Å². The molecule has 0 bridgehead atoms. The summed E-state index contributed by atoms with van der Waals surface area (Å²) < 4.78 is 2.40. The molecule has 0 radical (unpaired) electrons. The minimum Gasteiger partial charge on any atom is -1.00 e. The molecule has 0 fully saturated rings. The van der Waals surface area contributed by atoms with Crippen molar-refractivity contribution in [3.05, 3.63) is 0 Å². The molecule has 0 aromatic heterocycles. The van der Waals surface area contributed by atoms with Crippen LogP contribution in [0.25, 0.3) is 0 Å². The minimum atomic E-state index is 0. The molecule has 2 nitrogen and oxygen atoms in total. The van der Waals surface area contributed by atoms with Gasteiger partial charge in [0.2, 0.25) is 0 Å². The minimum absolute atomic E-state index is 0. The van der Waals surface area contributed by atoms with Crippen molar-refractivity contribution < 1.29 is 42.9 Å². The molecule has 2 atom stereocenters. The maximum Gasteiger partial charge on any atom is 0.0857 e. The Labute approximate surface area is 257 Å². The van der Waals surface area contributed by atoms with Gasteiger partial charge in [0.1, 0.15) is 0 Å². The fourth-order valence-corrected chi connectivity index (χ4v) is 5.53.